The van der Waals surface area contributed by atoms with Crippen LogP contribution in [0.1, 0.15) is 79.1 Å². The van der Waals surface area contributed by atoms with Gasteiger partial charge in [0.25, 0.3) is 47.3 Å². The molecule has 4 heterocycles. The lowest BCUT2D eigenvalue weighted by Gasteiger charge is -2.35. The molecule has 62 heavy (non-hydrogen) atoms. The Morgan fingerprint density at radius 2 is 0.806 bits per heavy atom. The Kier molecular flexibility index (Phi) is 16.0. The van der Waals surface area contributed by atoms with E-state index in [9.17, 15) is 67.1 Å². The average Bonchev–Trinajstić information content (AvgIpc) is 3.93. The highest BCUT2D eigenvalue weighted by Crippen LogP contribution is 2.22. The molecule has 4 N–H and O–H groups in total. The summed E-state index contributed by atoms with van der Waals surface area (Å²) in [5, 5.41) is 10.4. The van der Waals surface area contributed by atoms with E-state index < -0.39 is 119 Å². The highest BCUT2D eigenvalue weighted by Gasteiger charge is 2.50. The maximum absolute atomic E-state index is 13.8. The van der Waals surface area contributed by atoms with Crippen molar-refractivity contribution in [1.82, 2.24) is 41.2 Å². The number of carbonyl (C=O) groups excluding carboxylic acids is 14. The highest BCUT2D eigenvalue weighted by atomic mass is 16.7. The van der Waals surface area contributed by atoms with Crippen LogP contribution in [-0.4, -0.2) is 140 Å². The van der Waals surface area contributed by atoms with Crippen LogP contribution < -0.4 is 21.3 Å². The molecule has 0 bridgehead atoms. The van der Waals surface area contributed by atoms with E-state index in [4.69, 9.17) is 9.68 Å². The Morgan fingerprint density at radius 3 is 1.08 bits per heavy atom. The van der Waals surface area contributed by atoms with E-state index in [1.807, 2.05) is 0 Å². The molecule has 0 aromatic carbocycles. The van der Waals surface area contributed by atoms with Gasteiger partial charge in [-0.1, -0.05) is 27.7 Å². The maximum Gasteiger partial charge on any atom is 0.355 e. The number of hydrogen-bond donors (Lipinski definition) is 4. The molecule has 4 aliphatic heterocycles. The van der Waals surface area contributed by atoms with Gasteiger partial charge >= 0.3 is 11.9 Å². The van der Waals surface area contributed by atoms with Gasteiger partial charge in [-0.3, -0.25) is 67.3 Å². The van der Waals surface area contributed by atoms with Crippen molar-refractivity contribution in [2.45, 2.75) is 103 Å². The monoisotopic (exact) mass is 870 g/mol. The first-order valence-corrected chi connectivity index (χ1v) is 19.6. The molecule has 0 aliphatic carbocycles. The van der Waals surface area contributed by atoms with E-state index in [-0.39, 0.29) is 64.5 Å². The Hall–Kier alpha value is -7.14. The summed E-state index contributed by atoms with van der Waals surface area (Å²) in [4.78, 5) is 189. The summed E-state index contributed by atoms with van der Waals surface area (Å²) in [5.74, 6) is -14.1. The van der Waals surface area contributed by atoms with Gasteiger partial charge in [0, 0.05) is 75.9 Å². The summed E-state index contributed by atoms with van der Waals surface area (Å²) < 4.78 is 0. The summed E-state index contributed by atoms with van der Waals surface area (Å²) in [6.07, 6.45) is 1.76. The van der Waals surface area contributed by atoms with Crippen molar-refractivity contribution in [1.29, 1.82) is 0 Å². The number of amides is 12. The fourth-order valence-corrected chi connectivity index (χ4v) is 6.40. The Bertz CT molecular complexity index is 1800. The molecule has 12 amide bonds. The van der Waals surface area contributed by atoms with Gasteiger partial charge in [-0.25, -0.2) is 9.59 Å². The molecule has 334 valence electrons. The van der Waals surface area contributed by atoms with Gasteiger partial charge in [0.15, 0.2) is 0 Å². The molecule has 0 spiro atoms. The third-order valence-electron chi connectivity index (χ3n) is 9.69. The minimum Gasteiger partial charge on any atom is -0.354 e. The summed E-state index contributed by atoms with van der Waals surface area (Å²) in [5.41, 5.74) is 0. The van der Waals surface area contributed by atoms with Crippen molar-refractivity contribution in [3.05, 3.63) is 24.3 Å². The minimum absolute atomic E-state index is 0.126. The molecule has 4 rings (SSSR count). The molecule has 24 heteroatoms. The molecule has 0 saturated carbocycles. The third-order valence-corrected chi connectivity index (χ3v) is 9.69. The molecule has 0 radical (unpaired) electrons. The highest BCUT2D eigenvalue weighted by molar-refractivity contribution is 6.19. The standard InChI is InChI=1S/C38H46N8O16/c1-19(2)31(37(59)61-45-27(53)13-14-28(45)54)41-21(47)7-5-17-39-35(57)33(43-23(49)9-10-24(43)50)34(44-25(51)11-12-26(44)52)36(58)40-18-6-8-22(48)42-32(20(3)4)38(60)62-46-29(55)15-16-30(46)56/h9-12,19-20,31-34H,5-8,13-18H2,1-4H3,(H,39,57)(H,40,58)(H,41,47)(H,42,48)/t31-,32+,33?,34?. The Morgan fingerprint density at radius 1 is 0.516 bits per heavy atom. The average molecular weight is 871 g/mol. The number of nitrogens with one attached hydrogen (secondary N) is 4. The maximum atomic E-state index is 13.8. The largest absolute Gasteiger partial charge is 0.355 e. The quantitative estimate of drug-likeness (QED) is 0.0654. The summed E-state index contributed by atoms with van der Waals surface area (Å²) in [6.45, 7) is 5.61. The molecular formula is C38H46N8O16. The number of carbonyl (C=O) groups is 14. The molecule has 24 nitrogen and oxygen atoms in total. The van der Waals surface area contributed by atoms with Crippen molar-refractivity contribution in [3.63, 3.8) is 0 Å². The van der Waals surface area contributed by atoms with E-state index in [1.165, 1.54) is 0 Å². The van der Waals surface area contributed by atoms with Crippen molar-refractivity contribution < 1.29 is 76.8 Å². The van der Waals surface area contributed by atoms with Crippen LogP contribution in [0.3, 0.4) is 0 Å². The topological polar surface area (TPSA) is 319 Å². The van der Waals surface area contributed by atoms with Crippen LogP contribution in [0.2, 0.25) is 0 Å². The first-order valence-electron chi connectivity index (χ1n) is 19.6. The smallest absolute Gasteiger partial charge is 0.354 e. The fourth-order valence-electron chi connectivity index (χ4n) is 6.40. The van der Waals surface area contributed by atoms with Crippen molar-refractivity contribution >= 4 is 82.8 Å². The summed E-state index contributed by atoms with van der Waals surface area (Å²) in [7, 11) is 0. The second kappa shape index (κ2) is 20.9. The zero-order chi connectivity index (χ0) is 46.0. The van der Waals surface area contributed by atoms with Gasteiger partial charge in [-0.2, -0.15) is 0 Å². The molecule has 2 fully saturated rings. The molecule has 0 aromatic rings. The van der Waals surface area contributed by atoms with Crippen LogP contribution in [-0.2, 0) is 76.8 Å². The van der Waals surface area contributed by atoms with Gasteiger partial charge in [-0.15, -0.1) is 10.1 Å². The van der Waals surface area contributed by atoms with Crippen LogP contribution in [0.25, 0.3) is 0 Å². The van der Waals surface area contributed by atoms with Crippen molar-refractivity contribution in [3.8, 4) is 0 Å². The Balaban J connectivity index is 1.39. The van der Waals surface area contributed by atoms with Gasteiger partial charge in [0.1, 0.15) is 24.2 Å². The number of hydrogen-bond acceptors (Lipinski definition) is 16. The fraction of sp³-hybridized carbons (Fsp3) is 0.526. The lowest BCUT2D eigenvalue weighted by Crippen LogP contribution is -2.66. The van der Waals surface area contributed by atoms with E-state index >= 15 is 0 Å². The van der Waals surface area contributed by atoms with E-state index in [1.54, 1.807) is 27.7 Å². The number of imide groups is 4. The summed E-state index contributed by atoms with van der Waals surface area (Å²) in [6, 6.07) is -6.83. The lowest BCUT2D eigenvalue weighted by atomic mass is 10.0. The van der Waals surface area contributed by atoms with Crippen molar-refractivity contribution in [2.75, 3.05) is 13.1 Å². The molecule has 4 aliphatic rings. The number of nitrogens with zero attached hydrogens (tertiary/aromatic N) is 4. The zero-order valence-corrected chi connectivity index (χ0v) is 34.2. The second-order valence-electron chi connectivity index (χ2n) is 15.0. The first-order chi connectivity index (χ1) is 29.2. The van der Waals surface area contributed by atoms with Crippen LogP contribution >= 0.6 is 0 Å². The minimum atomic E-state index is -2.14. The number of hydroxylamine groups is 4. The predicted molar refractivity (Wildman–Crippen MR) is 202 cm³/mol. The predicted octanol–water partition coefficient (Wildman–Crippen LogP) is -3.14. The van der Waals surface area contributed by atoms with Gasteiger partial charge in [0.2, 0.25) is 23.6 Å². The SMILES string of the molecule is CC(C)[C@H](NC(=O)CCCNC(=O)C(C(C(=O)NCCCC(=O)N[C@@H](C(=O)ON1C(=O)CCC1=O)C(C)C)N1C(=O)C=CC1=O)N1C(=O)C=CC1=O)C(=O)ON1C(=O)CCC1=O. The third kappa shape index (κ3) is 11.6. The van der Waals surface area contributed by atoms with Gasteiger partial charge in [0.05, 0.1) is 0 Å². The van der Waals surface area contributed by atoms with Gasteiger partial charge < -0.3 is 30.9 Å². The number of rotatable bonds is 21. The van der Waals surface area contributed by atoms with Crippen LogP contribution in [0.15, 0.2) is 24.3 Å². The molecule has 4 atom stereocenters. The normalized spacial score (nSPS) is 18.2. The van der Waals surface area contributed by atoms with Crippen LogP contribution in [0, 0.1) is 11.8 Å². The molecule has 0 aromatic heterocycles. The van der Waals surface area contributed by atoms with Crippen LogP contribution in [0.4, 0.5) is 0 Å². The molecule has 2 unspecified atom stereocenters. The molecule has 2 saturated heterocycles. The first kappa shape index (κ1) is 47.5. The summed E-state index contributed by atoms with van der Waals surface area (Å²) >= 11 is 0. The Labute approximate surface area is 352 Å². The van der Waals surface area contributed by atoms with Gasteiger partial charge in [-0.05, 0) is 24.7 Å². The van der Waals surface area contributed by atoms with Crippen molar-refractivity contribution in [2.24, 2.45) is 11.8 Å². The lowest BCUT2D eigenvalue weighted by molar-refractivity contribution is -0.199. The second-order valence-corrected chi connectivity index (χ2v) is 15.0. The van der Waals surface area contributed by atoms with E-state index in [0.29, 0.717) is 19.9 Å². The van der Waals surface area contributed by atoms with E-state index in [0.717, 1.165) is 24.3 Å². The molecular weight excluding hydrogens is 824 g/mol. The van der Waals surface area contributed by atoms with Crippen LogP contribution in [0.5, 0.6) is 0 Å². The zero-order valence-electron chi connectivity index (χ0n) is 34.2. The van der Waals surface area contributed by atoms with E-state index in [2.05, 4.69) is 21.3 Å².